The smallest absolute Gasteiger partial charge is 0.340 e. The highest BCUT2D eigenvalue weighted by molar-refractivity contribution is 8.27. The number of aryl methyl sites for hydroxylation is 2. The molecule has 4 rings (SSSR count). The van der Waals surface area contributed by atoms with Crippen LogP contribution in [0.5, 0.6) is 11.5 Å². The maximum atomic E-state index is 13.4. The molecule has 0 spiro atoms. The molecule has 1 fully saturated rings. The fraction of sp³-hybridized carbons (Fsp3) is 0.148. The molecular formula is C27H23N3O5S2. The first-order chi connectivity index (χ1) is 17.7. The number of anilines is 1. The standard InChI is InChI=1S/C27H23N3O5S2/c1-15-7-5-6-8-19(15)29-28-18-10-11-20(16(2)13-18)30-25(31)22(37-27(30)36)14-17-9-12-21(34-3)24(35-4)23(17)26(32)33/h5-14H,1-4H3,(H,32,33)/b22-14-,29-28?. The van der Waals surface area contributed by atoms with Crippen LogP contribution in [0, 0.1) is 13.8 Å². The zero-order valence-corrected chi connectivity index (χ0v) is 22.1. The van der Waals surface area contributed by atoms with Crippen molar-refractivity contribution in [2.75, 3.05) is 19.1 Å². The maximum absolute atomic E-state index is 13.4. The summed E-state index contributed by atoms with van der Waals surface area (Å²) in [6.45, 7) is 3.83. The van der Waals surface area contributed by atoms with Gasteiger partial charge in [0.15, 0.2) is 15.8 Å². The number of thiocarbonyl (C=S) groups is 1. The topological polar surface area (TPSA) is 101 Å². The van der Waals surface area contributed by atoms with Crippen molar-refractivity contribution in [3.8, 4) is 11.5 Å². The summed E-state index contributed by atoms with van der Waals surface area (Å²) in [5.41, 5.74) is 4.04. The lowest BCUT2D eigenvalue weighted by atomic mass is 10.0. The normalized spacial score (nSPS) is 14.6. The molecule has 8 nitrogen and oxygen atoms in total. The minimum absolute atomic E-state index is 0.0746. The van der Waals surface area contributed by atoms with Crippen molar-refractivity contribution in [3.05, 3.63) is 81.8 Å². The lowest BCUT2D eigenvalue weighted by molar-refractivity contribution is -0.113. The molecule has 0 atom stereocenters. The fourth-order valence-electron chi connectivity index (χ4n) is 3.84. The Morgan fingerprint density at radius 3 is 2.43 bits per heavy atom. The van der Waals surface area contributed by atoms with Crippen LogP contribution in [0.15, 0.2) is 69.7 Å². The second-order valence-electron chi connectivity index (χ2n) is 8.04. The Labute approximate surface area is 223 Å². The molecule has 10 heteroatoms. The Balaban J connectivity index is 1.65. The zero-order valence-electron chi connectivity index (χ0n) is 20.5. The number of rotatable bonds is 7. The van der Waals surface area contributed by atoms with Crippen molar-refractivity contribution >= 4 is 63.3 Å². The number of nitrogens with zero attached hydrogens (tertiary/aromatic N) is 3. The predicted molar refractivity (Wildman–Crippen MR) is 149 cm³/mol. The summed E-state index contributed by atoms with van der Waals surface area (Å²) in [5.74, 6) is -1.20. The van der Waals surface area contributed by atoms with Gasteiger partial charge in [0.25, 0.3) is 5.91 Å². The molecule has 3 aromatic rings. The van der Waals surface area contributed by atoms with Gasteiger partial charge in [-0.3, -0.25) is 9.69 Å². The summed E-state index contributed by atoms with van der Waals surface area (Å²) >= 11 is 6.61. The van der Waals surface area contributed by atoms with Crippen molar-refractivity contribution in [2.45, 2.75) is 13.8 Å². The Morgan fingerprint density at radius 2 is 1.78 bits per heavy atom. The number of methoxy groups -OCH3 is 2. The maximum Gasteiger partial charge on any atom is 0.340 e. The first kappa shape index (κ1) is 26.1. The van der Waals surface area contributed by atoms with Crippen LogP contribution >= 0.6 is 24.0 Å². The molecule has 1 N–H and O–H groups in total. The fourth-order valence-corrected chi connectivity index (χ4v) is 5.12. The van der Waals surface area contributed by atoms with E-state index in [2.05, 4.69) is 10.2 Å². The van der Waals surface area contributed by atoms with Crippen molar-refractivity contribution in [3.63, 3.8) is 0 Å². The molecule has 1 aliphatic heterocycles. The number of carboxylic acids is 1. The van der Waals surface area contributed by atoms with E-state index >= 15 is 0 Å². The third kappa shape index (κ3) is 5.25. The molecule has 3 aromatic carbocycles. The van der Waals surface area contributed by atoms with Crippen molar-refractivity contribution in [2.24, 2.45) is 10.2 Å². The number of hydrogen-bond acceptors (Lipinski definition) is 8. The van der Waals surface area contributed by atoms with Gasteiger partial charge in [-0.1, -0.05) is 48.2 Å². The Bertz CT molecular complexity index is 1480. The van der Waals surface area contributed by atoms with Crippen LogP contribution in [0.1, 0.15) is 27.0 Å². The van der Waals surface area contributed by atoms with Gasteiger partial charge in [0.05, 0.1) is 36.2 Å². The van der Waals surface area contributed by atoms with Gasteiger partial charge in [-0.2, -0.15) is 10.2 Å². The van der Waals surface area contributed by atoms with Crippen LogP contribution < -0.4 is 14.4 Å². The van der Waals surface area contributed by atoms with Gasteiger partial charge in [-0.15, -0.1) is 0 Å². The number of ether oxygens (including phenoxy) is 2. The number of benzene rings is 3. The molecule has 0 aromatic heterocycles. The molecule has 0 aliphatic carbocycles. The van der Waals surface area contributed by atoms with Crippen molar-refractivity contribution in [1.29, 1.82) is 0 Å². The van der Waals surface area contributed by atoms with E-state index in [1.807, 2.05) is 44.2 Å². The number of carbonyl (C=O) groups excluding carboxylic acids is 1. The molecule has 188 valence electrons. The number of amides is 1. The Morgan fingerprint density at radius 1 is 1.03 bits per heavy atom. The van der Waals surface area contributed by atoms with E-state index in [9.17, 15) is 14.7 Å². The number of carbonyl (C=O) groups is 2. The molecule has 0 radical (unpaired) electrons. The third-order valence-electron chi connectivity index (χ3n) is 5.68. The first-order valence-electron chi connectivity index (χ1n) is 11.1. The van der Waals surface area contributed by atoms with E-state index in [4.69, 9.17) is 21.7 Å². The monoisotopic (exact) mass is 533 g/mol. The molecular weight excluding hydrogens is 510 g/mol. The Hall–Kier alpha value is -4.02. The zero-order chi connectivity index (χ0) is 26.7. The lowest BCUT2D eigenvalue weighted by Crippen LogP contribution is -2.28. The first-order valence-corrected chi connectivity index (χ1v) is 12.3. The van der Waals surface area contributed by atoms with E-state index in [1.165, 1.54) is 25.2 Å². The van der Waals surface area contributed by atoms with Crippen LogP contribution in [0.4, 0.5) is 17.1 Å². The van der Waals surface area contributed by atoms with Gasteiger partial charge in [0.2, 0.25) is 0 Å². The molecule has 0 saturated carbocycles. The quantitative estimate of drug-likeness (QED) is 0.202. The average molecular weight is 534 g/mol. The van der Waals surface area contributed by atoms with Crippen LogP contribution in [-0.2, 0) is 4.79 Å². The van der Waals surface area contributed by atoms with Gasteiger partial charge in [0, 0.05) is 0 Å². The molecule has 1 aliphatic rings. The Kier molecular flexibility index (Phi) is 7.70. The highest BCUT2D eigenvalue weighted by Crippen LogP contribution is 2.40. The molecule has 1 saturated heterocycles. The van der Waals surface area contributed by atoms with E-state index in [0.29, 0.717) is 26.2 Å². The minimum Gasteiger partial charge on any atom is -0.493 e. The summed E-state index contributed by atoms with van der Waals surface area (Å²) in [5, 5.41) is 18.5. The molecule has 1 heterocycles. The van der Waals surface area contributed by atoms with Crippen LogP contribution in [0.2, 0.25) is 0 Å². The van der Waals surface area contributed by atoms with Gasteiger partial charge in [-0.05, 0) is 66.9 Å². The van der Waals surface area contributed by atoms with E-state index in [-0.39, 0.29) is 23.0 Å². The highest BCUT2D eigenvalue weighted by atomic mass is 32.2. The van der Waals surface area contributed by atoms with Crippen molar-refractivity contribution < 1.29 is 24.2 Å². The van der Waals surface area contributed by atoms with Gasteiger partial charge in [0.1, 0.15) is 5.56 Å². The summed E-state index contributed by atoms with van der Waals surface area (Å²) in [7, 11) is 2.78. The molecule has 0 unspecified atom stereocenters. The van der Waals surface area contributed by atoms with Gasteiger partial charge < -0.3 is 14.6 Å². The number of azo groups is 1. The second kappa shape index (κ2) is 10.9. The van der Waals surface area contributed by atoms with Crippen LogP contribution in [0.25, 0.3) is 6.08 Å². The largest absolute Gasteiger partial charge is 0.493 e. The number of carboxylic acid groups (broad SMARTS) is 1. The summed E-state index contributed by atoms with van der Waals surface area (Å²) in [6, 6.07) is 16.2. The molecule has 1 amide bonds. The minimum atomic E-state index is -1.20. The average Bonchev–Trinajstić information content (AvgIpc) is 3.15. The third-order valence-corrected chi connectivity index (χ3v) is 6.98. The van der Waals surface area contributed by atoms with E-state index in [0.717, 1.165) is 28.6 Å². The van der Waals surface area contributed by atoms with E-state index in [1.54, 1.807) is 24.3 Å². The number of thioether (sulfide) groups is 1. The van der Waals surface area contributed by atoms with Crippen LogP contribution in [0.3, 0.4) is 0 Å². The number of aromatic carboxylic acids is 1. The number of hydrogen-bond donors (Lipinski definition) is 1. The second-order valence-corrected chi connectivity index (χ2v) is 9.72. The summed E-state index contributed by atoms with van der Waals surface area (Å²) in [4.78, 5) is 27.1. The molecule has 37 heavy (non-hydrogen) atoms. The highest BCUT2D eigenvalue weighted by Gasteiger charge is 2.34. The van der Waals surface area contributed by atoms with Gasteiger partial charge >= 0.3 is 5.97 Å². The summed E-state index contributed by atoms with van der Waals surface area (Å²) in [6.07, 6.45) is 1.50. The van der Waals surface area contributed by atoms with E-state index < -0.39 is 5.97 Å². The summed E-state index contributed by atoms with van der Waals surface area (Å²) < 4.78 is 10.8. The SMILES string of the molecule is COc1ccc(/C=C2\SC(=S)N(c3ccc(N=Nc4ccccc4C)cc3C)C2=O)c(C(=O)O)c1OC. The van der Waals surface area contributed by atoms with Crippen LogP contribution in [-0.4, -0.2) is 35.5 Å². The van der Waals surface area contributed by atoms with Gasteiger partial charge in [-0.25, -0.2) is 4.79 Å². The molecule has 0 bridgehead atoms. The lowest BCUT2D eigenvalue weighted by Gasteiger charge is -2.17. The predicted octanol–water partition coefficient (Wildman–Crippen LogP) is 6.84. The van der Waals surface area contributed by atoms with Crippen molar-refractivity contribution in [1.82, 2.24) is 0 Å².